The average molecular weight is 1420 g/mol. The fraction of sp³-hybridized carbons (Fsp3) is 0.552. The molecule has 3 atom stereocenters. The van der Waals surface area contributed by atoms with Gasteiger partial charge in [0.25, 0.3) is 23.7 Å². The van der Waals surface area contributed by atoms with E-state index in [0.717, 1.165) is 9.80 Å². The van der Waals surface area contributed by atoms with Crippen LogP contribution in [0.25, 0.3) is 21.8 Å². The molecule has 546 valence electrons. The Morgan fingerprint density at radius 1 is 0.584 bits per heavy atom. The molecular weight excluding hydrogens is 1330 g/mol. The van der Waals surface area contributed by atoms with E-state index in [1.165, 1.54) is 24.5 Å². The normalized spacial score (nSPS) is 18.0. The fourth-order valence-electron chi connectivity index (χ4n) is 11.5. The molecule has 7 amide bonds. The van der Waals surface area contributed by atoms with E-state index in [0.29, 0.717) is 59.0 Å². The minimum absolute atomic E-state index is 0.104. The number of benzene rings is 2. The monoisotopic (exact) mass is 1420 g/mol. The molecule has 3 aliphatic heterocycles. The topological polar surface area (TPSA) is 392 Å². The van der Waals surface area contributed by atoms with Crippen LogP contribution in [0, 0.1) is 22.7 Å². The lowest BCUT2D eigenvalue weighted by Gasteiger charge is -2.33. The SMILES string of the molecule is CC(C)(C)OC(=O)CN1CCN(CC(=O)O)CCN(CC(=O)O)CCN(CC(=O)N[C@@H](CCC(=O)NCCCCOc2ccc3nccc(C(=O)NCC(=O)N4CC(F)(F)C[C@H]4C#N)c3c2)C(=O)NCCCCOc2ccc3nccc(C(=O)NCC(=O)N4CC(F)(F)C[C@H]4C#N)c3c2)CC1. The van der Waals surface area contributed by atoms with E-state index >= 15 is 0 Å². The van der Waals surface area contributed by atoms with Crippen LogP contribution in [0.1, 0.15) is 92.9 Å². The molecule has 34 heteroatoms. The van der Waals surface area contributed by atoms with E-state index in [-0.39, 0.29) is 129 Å². The van der Waals surface area contributed by atoms with Crippen molar-refractivity contribution in [3.63, 3.8) is 0 Å². The van der Waals surface area contributed by atoms with Gasteiger partial charge in [0.2, 0.25) is 29.5 Å². The molecule has 5 heterocycles. The summed E-state index contributed by atoms with van der Waals surface area (Å²) in [7, 11) is 0. The molecule has 4 aromatic rings. The van der Waals surface area contributed by atoms with Gasteiger partial charge in [-0.3, -0.25) is 77.5 Å². The summed E-state index contributed by atoms with van der Waals surface area (Å²) in [6.45, 7) is 2.92. The van der Waals surface area contributed by atoms with Crippen LogP contribution in [0.5, 0.6) is 11.5 Å². The lowest BCUT2D eigenvalue weighted by Crippen LogP contribution is -2.52. The lowest BCUT2D eigenvalue weighted by molar-refractivity contribution is -0.156. The number of carboxylic acids is 2. The first-order chi connectivity index (χ1) is 48.0. The van der Waals surface area contributed by atoms with E-state index < -0.39 is 134 Å². The Balaban J connectivity index is 0.945. The first-order valence-electron chi connectivity index (χ1n) is 33.1. The van der Waals surface area contributed by atoms with Crippen molar-refractivity contribution in [3.05, 3.63) is 72.1 Å². The smallest absolute Gasteiger partial charge is 0.320 e. The number of ether oxygens (including phenoxy) is 3. The molecule has 3 fully saturated rings. The molecule has 0 spiro atoms. The number of likely N-dealkylation sites (tertiary alicyclic amines) is 2. The van der Waals surface area contributed by atoms with Gasteiger partial charge in [0, 0.05) is 108 Å². The zero-order chi connectivity index (χ0) is 73.4. The summed E-state index contributed by atoms with van der Waals surface area (Å²) in [4.78, 5) is 148. The summed E-state index contributed by atoms with van der Waals surface area (Å²) in [5.41, 5.74) is 0.276. The predicted molar refractivity (Wildman–Crippen MR) is 353 cm³/mol. The summed E-state index contributed by atoms with van der Waals surface area (Å²) in [5, 5.41) is 52.1. The summed E-state index contributed by atoms with van der Waals surface area (Å²) in [6, 6.07) is 12.0. The Hall–Kier alpha value is -9.90. The number of unbranched alkanes of at least 4 members (excludes halogenated alkanes) is 2. The molecule has 2 aromatic carbocycles. The first-order valence-corrected chi connectivity index (χ1v) is 33.1. The maximum atomic E-state index is 14.2. The predicted octanol–water partition coefficient (Wildman–Crippen LogP) is 2.01. The van der Waals surface area contributed by atoms with Gasteiger partial charge in [0.15, 0.2) is 0 Å². The number of nitrogens with zero attached hydrogens (tertiary/aromatic N) is 10. The Bertz CT molecular complexity index is 3720. The van der Waals surface area contributed by atoms with Crippen molar-refractivity contribution in [1.82, 2.24) is 66.0 Å². The molecule has 0 bridgehead atoms. The maximum absolute atomic E-state index is 14.2. The number of rotatable bonds is 31. The Kier molecular flexibility index (Phi) is 28.7. The van der Waals surface area contributed by atoms with Crippen molar-refractivity contribution < 1.29 is 89.9 Å². The van der Waals surface area contributed by atoms with E-state index in [9.17, 15) is 86.2 Å². The summed E-state index contributed by atoms with van der Waals surface area (Å²) < 4.78 is 73.5. The molecule has 0 unspecified atom stereocenters. The van der Waals surface area contributed by atoms with Crippen LogP contribution in [0.2, 0.25) is 0 Å². The number of pyridine rings is 2. The number of aromatic nitrogens is 2. The van der Waals surface area contributed by atoms with Gasteiger partial charge >= 0.3 is 17.9 Å². The van der Waals surface area contributed by atoms with Crippen LogP contribution < -0.4 is 36.1 Å². The highest BCUT2D eigenvalue weighted by molar-refractivity contribution is 6.08. The molecule has 0 radical (unpaired) electrons. The molecule has 30 nitrogen and oxygen atoms in total. The van der Waals surface area contributed by atoms with Gasteiger partial charge in [-0.1, -0.05) is 0 Å². The molecule has 3 saturated heterocycles. The number of alkyl halides is 4. The van der Waals surface area contributed by atoms with Gasteiger partial charge in [-0.15, -0.1) is 0 Å². The molecular formula is C67H85F4N15O15. The second-order valence-electron chi connectivity index (χ2n) is 25.8. The van der Waals surface area contributed by atoms with Crippen LogP contribution in [-0.4, -0.2) is 275 Å². The number of carbonyl (C=O) groups is 10. The van der Waals surface area contributed by atoms with Gasteiger partial charge < -0.3 is 60.8 Å². The molecule has 3 aliphatic rings. The number of halogens is 4. The zero-order valence-corrected chi connectivity index (χ0v) is 56.5. The number of esters is 1. The van der Waals surface area contributed by atoms with Crippen LogP contribution in [0.4, 0.5) is 17.6 Å². The molecule has 2 aromatic heterocycles. The second kappa shape index (κ2) is 37.0. The standard InChI is InChI=1S/C67H85F4N15O15/c1-65(2,3)101-61(95)41-84-26-21-81(20-22-82(39-59(91)92)23-24-83(25-27-84)40-60(93)94)38-56(88)80-54(64(98)77-17-5-7-29-100-47-9-11-53-51(31-47)49(15-19-75-53)63(97)79-37-58(90)86-43-67(70,71)33-45(86)35-73)12-13-55(87)76-16-4-6-28-99-46-8-10-52-50(30-46)48(14-18-74-52)62(96)78-36-57(89)85-42-66(68,69)32-44(85)34-72/h8-11,14-15,18-19,30-31,44-45,54H,4-7,12-13,16-17,20-29,32-33,36-43H2,1-3H3,(H,76,87)(H,77,98)(H,78,96)(H,79,97)(H,80,88)(H,91,92)(H,93,94)/t44-,45-,54-/m0/s1. The molecule has 0 saturated carbocycles. The lowest BCUT2D eigenvalue weighted by atomic mass is 10.1. The summed E-state index contributed by atoms with van der Waals surface area (Å²) in [5.74, 6) is -13.2. The number of fused-ring (bicyclic) bond motifs is 2. The zero-order valence-electron chi connectivity index (χ0n) is 56.5. The molecule has 0 aliphatic carbocycles. The van der Waals surface area contributed by atoms with Gasteiger partial charge in [-0.25, -0.2) is 17.6 Å². The molecule has 101 heavy (non-hydrogen) atoms. The summed E-state index contributed by atoms with van der Waals surface area (Å²) in [6.07, 6.45) is 2.49. The largest absolute Gasteiger partial charge is 0.494 e. The third kappa shape index (κ3) is 25.3. The molecule has 7 rings (SSSR count). The fourth-order valence-corrected chi connectivity index (χ4v) is 11.5. The number of hydrogen-bond donors (Lipinski definition) is 7. The van der Waals surface area contributed by atoms with Crippen molar-refractivity contribution >= 4 is 81.1 Å². The number of carboxylic acid groups (broad SMARTS) is 2. The Morgan fingerprint density at radius 2 is 1.01 bits per heavy atom. The first kappa shape index (κ1) is 78.4. The van der Waals surface area contributed by atoms with Crippen LogP contribution >= 0.6 is 0 Å². The van der Waals surface area contributed by atoms with Crippen molar-refractivity contribution in [1.29, 1.82) is 10.5 Å². The maximum Gasteiger partial charge on any atom is 0.320 e. The van der Waals surface area contributed by atoms with Crippen molar-refractivity contribution in [2.24, 2.45) is 0 Å². The minimum atomic E-state index is -3.23. The number of nitriles is 2. The van der Waals surface area contributed by atoms with Crippen LogP contribution in [-0.2, 0) is 43.1 Å². The van der Waals surface area contributed by atoms with Crippen molar-refractivity contribution in [2.45, 2.75) is 108 Å². The van der Waals surface area contributed by atoms with Gasteiger partial charge in [-0.05, 0) is 101 Å². The third-order valence-electron chi connectivity index (χ3n) is 16.6. The Morgan fingerprint density at radius 3 is 1.44 bits per heavy atom. The number of hydrogen-bond acceptors (Lipinski definition) is 21. The third-order valence-corrected chi connectivity index (χ3v) is 16.6. The van der Waals surface area contributed by atoms with Gasteiger partial charge in [-0.2, -0.15) is 10.5 Å². The highest BCUT2D eigenvalue weighted by Gasteiger charge is 2.48. The minimum Gasteiger partial charge on any atom is -0.494 e. The van der Waals surface area contributed by atoms with Gasteiger partial charge in [0.05, 0.1) is 99.9 Å². The molecule has 7 N–H and O–H groups in total. The number of amides is 7. The van der Waals surface area contributed by atoms with E-state index in [4.69, 9.17) is 14.2 Å². The quantitative estimate of drug-likeness (QED) is 0.0215. The summed E-state index contributed by atoms with van der Waals surface area (Å²) >= 11 is 0. The number of aliphatic carboxylic acids is 2. The van der Waals surface area contributed by atoms with Crippen molar-refractivity contribution in [2.75, 3.05) is 131 Å². The highest BCUT2D eigenvalue weighted by atomic mass is 19.3. The number of carbonyl (C=O) groups excluding carboxylic acids is 8. The van der Waals surface area contributed by atoms with E-state index in [2.05, 4.69) is 36.6 Å². The number of nitrogens with one attached hydrogen (secondary N) is 5. The van der Waals surface area contributed by atoms with E-state index in [1.54, 1.807) is 88.9 Å². The van der Waals surface area contributed by atoms with Crippen molar-refractivity contribution in [3.8, 4) is 23.6 Å². The second-order valence-corrected chi connectivity index (χ2v) is 25.8. The average Bonchev–Trinajstić information content (AvgIpc) is 1.08. The van der Waals surface area contributed by atoms with Gasteiger partial charge in [0.1, 0.15) is 35.2 Å². The van der Waals surface area contributed by atoms with Crippen LogP contribution in [0.15, 0.2) is 60.9 Å². The highest BCUT2D eigenvalue weighted by Crippen LogP contribution is 2.33. The van der Waals surface area contributed by atoms with Crippen LogP contribution in [0.3, 0.4) is 0 Å². The Labute approximate surface area is 579 Å². The van der Waals surface area contributed by atoms with E-state index in [1.807, 2.05) is 0 Å².